The summed E-state index contributed by atoms with van der Waals surface area (Å²) in [4.78, 5) is 4.50. The van der Waals surface area contributed by atoms with Crippen LogP contribution in [0.5, 0.6) is 0 Å². The van der Waals surface area contributed by atoms with Crippen molar-refractivity contribution in [1.82, 2.24) is 14.8 Å². The summed E-state index contributed by atoms with van der Waals surface area (Å²) in [6.07, 6.45) is 2.87. The molecule has 0 saturated carbocycles. The second-order valence-electron chi connectivity index (χ2n) is 4.73. The zero-order valence-corrected chi connectivity index (χ0v) is 11.2. The van der Waals surface area contributed by atoms with Gasteiger partial charge in [-0.05, 0) is 18.2 Å². The summed E-state index contributed by atoms with van der Waals surface area (Å²) in [5.41, 5.74) is 1.73. The lowest BCUT2D eigenvalue weighted by atomic mass is 10.2. The molecule has 2 N–H and O–H groups in total. The highest BCUT2D eigenvalue weighted by atomic mass is 16.3. The van der Waals surface area contributed by atoms with E-state index >= 15 is 0 Å². The molecule has 20 heavy (non-hydrogen) atoms. The fraction of sp³-hybridized carbons (Fsp3) is 0.200. The van der Waals surface area contributed by atoms with Crippen LogP contribution in [0.2, 0.25) is 0 Å². The lowest BCUT2D eigenvalue weighted by Gasteiger charge is -2.11. The van der Waals surface area contributed by atoms with Crippen molar-refractivity contribution in [3.63, 3.8) is 0 Å². The van der Waals surface area contributed by atoms with Gasteiger partial charge in [0.05, 0.1) is 17.8 Å². The van der Waals surface area contributed by atoms with Crippen LogP contribution in [0.3, 0.4) is 0 Å². The Morgan fingerprint density at radius 1 is 1.25 bits per heavy atom. The Hall–Kier alpha value is -2.40. The maximum Gasteiger partial charge on any atom is 0.126 e. The molecule has 1 aromatic carbocycles. The molecule has 2 aromatic heterocycles. The van der Waals surface area contributed by atoms with Crippen molar-refractivity contribution in [1.29, 1.82) is 0 Å². The minimum absolute atomic E-state index is 0.400. The monoisotopic (exact) mass is 268 g/mol. The third-order valence-electron chi connectivity index (χ3n) is 3.18. The van der Waals surface area contributed by atoms with Crippen molar-refractivity contribution >= 4 is 16.7 Å². The molecule has 1 atom stereocenters. The molecule has 0 radical (unpaired) electrons. The van der Waals surface area contributed by atoms with E-state index in [0.717, 1.165) is 22.3 Å². The van der Waals surface area contributed by atoms with Crippen LogP contribution in [-0.2, 0) is 7.05 Å². The number of aliphatic hydroxyl groups is 1. The molecule has 102 valence electrons. The van der Waals surface area contributed by atoms with E-state index in [2.05, 4.69) is 15.4 Å². The van der Waals surface area contributed by atoms with Crippen molar-refractivity contribution in [2.24, 2.45) is 7.05 Å². The summed E-state index contributed by atoms with van der Waals surface area (Å²) in [7, 11) is 1.83. The molecule has 3 aromatic rings. The lowest BCUT2D eigenvalue weighted by Crippen LogP contribution is -2.12. The Morgan fingerprint density at radius 2 is 2.10 bits per heavy atom. The number of nitrogens with zero attached hydrogens (tertiary/aromatic N) is 3. The molecule has 0 bridgehead atoms. The second-order valence-corrected chi connectivity index (χ2v) is 4.73. The van der Waals surface area contributed by atoms with Gasteiger partial charge in [0, 0.05) is 30.7 Å². The fourth-order valence-corrected chi connectivity index (χ4v) is 2.10. The summed E-state index contributed by atoms with van der Waals surface area (Å²) in [5, 5.41) is 18.4. The topological polar surface area (TPSA) is 63.0 Å². The molecule has 5 nitrogen and oxygen atoms in total. The first-order chi connectivity index (χ1) is 9.72. The molecule has 5 heteroatoms. The number of anilines is 1. The second kappa shape index (κ2) is 5.30. The third kappa shape index (κ3) is 2.62. The summed E-state index contributed by atoms with van der Waals surface area (Å²) in [5.74, 6) is 0.756. The molecule has 2 heterocycles. The molecular formula is C15H16N4O. The molecule has 0 spiro atoms. The van der Waals surface area contributed by atoms with Gasteiger partial charge in [0.15, 0.2) is 0 Å². The standard InChI is InChI=1S/C15H16N4O/c1-19-10-12(8-17-19)14(20)9-16-15-7-6-11-4-2-3-5-13(11)18-15/h2-8,10,14,20H,9H2,1H3,(H,16,18). The van der Waals surface area contributed by atoms with Crippen molar-refractivity contribution in [2.75, 3.05) is 11.9 Å². The third-order valence-corrected chi connectivity index (χ3v) is 3.18. The lowest BCUT2D eigenvalue weighted by molar-refractivity contribution is 0.191. The van der Waals surface area contributed by atoms with Crippen molar-refractivity contribution < 1.29 is 5.11 Å². The van der Waals surface area contributed by atoms with E-state index in [9.17, 15) is 5.11 Å². The number of aliphatic hydroxyl groups excluding tert-OH is 1. The Labute approximate surface area is 116 Å². The molecule has 0 aliphatic rings. The van der Waals surface area contributed by atoms with E-state index < -0.39 is 6.10 Å². The first kappa shape index (κ1) is 12.6. The van der Waals surface area contributed by atoms with Gasteiger partial charge in [-0.15, -0.1) is 0 Å². The smallest absolute Gasteiger partial charge is 0.126 e. The van der Waals surface area contributed by atoms with Gasteiger partial charge in [0.1, 0.15) is 5.82 Å². The van der Waals surface area contributed by atoms with Crippen LogP contribution in [-0.4, -0.2) is 26.4 Å². The van der Waals surface area contributed by atoms with Gasteiger partial charge in [0.25, 0.3) is 0 Å². The number of nitrogens with one attached hydrogen (secondary N) is 1. The molecule has 0 aliphatic carbocycles. The van der Waals surface area contributed by atoms with Crippen LogP contribution in [0, 0.1) is 0 Å². The summed E-state index contributed by atoms with van der Waals surface area (Å²) in [6, 6.07) is 11.9. The molecule has 0 fully saturated rings. The highest BCUT2D eigenvalue weighted by Gasteiger charge is 2.09. The number of hydrogen-bond acceptors (Lipinski definition) is 4. The van der Waals surface area contributed by atoms with E-state index in [1.165, 1.54) is 0 Å². The van der Waals surface area contributed by atoms with Gasteiger partial charge in [-0.1, -0.05) is 18.2 Å². The van der Waals surface area contributed by atoms with Crippen LogP contribution in [0.4, 0.5) is 5.82 Å². The Kier molecular flexibility index (Phi) is 3.35. The van der Waals surface area contributed by atoms with Crippen LogP contribution in [0.1, 0.15) is 11.7 Å². The van der Waals surface area contributed by atoms with Gasteiger partial charge in [-0.2, -0.15) is 5.10 Å². The minimum Gasteiger partial charge on any atom is -0.386 e. The number of para-hydroxylation sites is 1. The molecule has 0 aliphatic heterocycles. The maximum absolute atomic E-state index is 10.1. The van der Waals surface area contributed by atoms with E-state index in [1.54, 1.807) is 17.1 Å². The van der Waals surface area contributed by atoms with Gasteiger partial charge in [-0.25, -0.2) is 4.98 Å². The number of aryl methyl sites for hydroxylation is 1. The zero-order valence-electron chi connectivity index (χ0n) is 11.2. The first-order valence-electron chi connectivity index (χ1n) is 6.48. The normalized spacial score (nSPS) is 12.5. The van der Waals surface area contributed by atoms with E-state index in [1.807, 2.05) is 43.4 Å². The van der Waals surface area contributed by atoms with Gasteiger partial charge in [0.2, 0.25) is 0 Å². The van der Waals surface area contributed by atoms with E-state index in [4.69, 9.17) is 0 Å². The van der Waals surface area contributed by atoms with Crippen molar-refractivity contribution in [2.45, 2.75) is 6.10 Å². The summed E-state index contributed by atoms with van der Waals surface area (Å²) < 4.78 is 1.67. The molecule has 0 saturated heterocycles. The molecule has 3 rings (SSSR count). The zero-order chi connectivity index (χ0) is 13.9. The molecule has 0 amide bonds. The minimum atomic E-state index is -0.600. The Morgan fingerprint density at radius 3 is 2.90 bits per heavy atom. The number of rotatable bonds is 4. The Bertz CT molecular complexity index is 722. The predicted molar refractivity (Wildman–Crippen MR) is 78.4 cm³/mol. The first-order valence-corrected chi connectivity index (χ1v) is 6.48. The number of pyridine rings is 1. The van der Waals surface area contributed by atoms with Crippen LogP contribution in [0.25, 0.3) is 10.9 Å². The SMILES string of the molecule is Cn1cc(C(O)CNc2ccc3ccccc3n2)cn1. The van der Waals surface area contributed by atoms with Crippen LogP contribution < -0.4 is 5.32 Å². The highest BCUT2D eigenvalue weighted by Crippen LogP contribution is 2.16. The Balaban J connectivity index is 1.70. The van der Waals surface area contributed by atoms with Crippen LogP contribution >= 0.6 is 0 Å². The number of benzene rings is 1. The van der Waals surface area contributed by atoms with E-state index in [0.29, 0.717) is 6.54 Å². The number of fused-ring (bicyclic) bond motifs is 1. The fourth-order valence-electron chi connectivity index (χ4n) is 2.10. The van der Waals surface area contributed by atoms with E-state index in [-0.39, 0.29) is 0 Å². The van der Waals surface area contributed by atoms with Crippen LogP contribution in [0.15, 0.2) is 48.8 Å². The number of hydrogen-bond donors (Lipinski definition) is 2. The average molecular weight is 268 g/mol. The summed E-state index contributed by atoms with van der Waals surface area (Å²) in [6.45, 7) is 0.400. The largest absolute Gasteiger partial charge is 0.386 e. The molecular weight excluding hydrogens is 252 g/mol. The average Bonchev–Trinajstić information content (AvgIpc) is 2.91. The highest BCUT2D eigenvalue weighted by molar-refractivity contribution is 5.80. The van der Waals surface area contributed by atoms with Crippen molar-refractivity contribution in [3.8, 4) is 0 Å². The van der Waals surface area contributed by atoms with Gasteiger partial charge < -0.3 is 10.4 Å². The van der Waals surface area contributed by atoms with Gasteiger partial charge >= 0.3 is 0 Å². The van der Waals surface area contributed by atoms with Crippen molar-refractivity contribution in [3.05, 3.63) is 54.4 Å². The number of aromatic nitrogens is 3. The van der Waals surface area contributed by atoms with Gasteiger partial charge in [-0.3, -0.25) is 4.68 Å². The summed E-state index contributed by atoms with van der Waals surface area (Å²) >= 11 is 0. The molecule has 1 unspecified atom stereocenters. The quantitative estimate of drug-likeness (QED) is 0.760. The predicted octanol–water partition coefficient (Wildman–Crippen LogP) is 2.11. The maximum atomic E-state index is 10.1.